The molecule has 4 N–H and O–H groups in total. The topological polar surface area (TPSA) is 102 Å². The number of carbonyl (C=O) groups is 2. The number of carbonyl (C=O) groups excluding carboxylic acids is 2. The lowest BCUT2D eigenvalue weighted by molar-refractivity contribution is 0.0755. The first-order chi connectivity index (χ1) is 16.9. The van der Waals surface area contributed by atoms with Crippen LogP contribution in [0.15, 0.2) is 54.6 Å². The van der Waals surface area contributed by atoms with Crippen LogP contribution in [0, 0.1) is 0 Å². The number of nitrogens with zero attached hydrogens (tertiary/aromatic N) is 1. The summed E-state index contributed by atoms with van der Waals surface area (Å²) in [4.78, 5) is 28.0. The average molecular weight is 484 g/mol. The van der Waals surface area contributed by atoms with Gasteiger partial charge in [-0.1, -0.05) is 57.2 Å². The standard InChI is InChI=1S/C28H41N3O4/c1-4-15-31(16-5-2)28(35)23-14-10-13-22(18-23)27(34)30-25(17-21-11-8-7-9-12-21)26(33)20-29-19-24(32)6-3/h7-14,18,24-26,29,32-33H,4-6,15-17,19-20H2,1-3H3,(H,30,34)/t24?,25-,26+/m0/s1. The molecule has 3 atom stereocenters. The summed E-state index contributed by atoms with van der Waals surface area (Å²) >= 11 is 0. The normalized spacial score (nSPS) is 13.6. The zero-order chi connectivity index (χ0) is 25.6. The van der Waals surface area contributed by atoms with Gasteiger partial charge in [-0.3, -0.25) is 9.59 Å². The van der Waals surface area contributed by atoms with Gasteiger partial charge in [-0.05, 0) is 49.4 Å². The third kappa shape index (κ3) is 9.43. The van der Waals surface area contributed by atoms with E-state index >= 15 is 0 Å². The molecule has 192 valence electrons. The minimum absolute atomic E-state index is 0.0806. The van der Waals surface area contributed by atoms with Crippen LogP contribution in [0.5, 0.6) is 0 Å². The molecule has 0 aliphatic heterocycles. The van der Waals surface area contributed by atoms with Crippen LogP contribution in [0.3, 0.4) is 0 Å². The zero-order valence-electron chi connectivity index (χ0n) is 21.2. The number of benzene rings is 2. The van der Waals surface area contributed by atoms with Crippen LogP contribution in [0.1, 0.15) is 66.3 Å². The Kier molecular flexibility index (Phi) is 12.5. The van der Waals surface area contributed by atoms with Gasteiger partial charge >= 0.3 is 0 Å². The molecule has 0 saturated carbocycles. The molecule has 0 radical (unpaired) electrons. The summed E-state index contributed by atoms with van der Waals surface area (Å²) < 4.78 is 0. The average Bonchev–Trinajstić information content (AvgIpc) is 2.88. The molecule has 7 nitrogen and oxygen atoms in total. The lowest BCUT2D eigenvalue weighted by atomic mass is 10.00. The fourth-order valence-electron chi connectivity index (χ4n) is 3.92. The maximum atomic E-state index is 13.2. The maximum absolute atomic E-state index is 13.2. The molecule has 0 aliphatic rings. The second-order valence-electron chi connectivity index (χ2n) is 8.93. The van der Waals surface area contributed by atoms with Gasteiger partial charge in [0.05, 0.1) is 18.2 Å². The van der Waals surface area contributed by atoms with E-state index in [1.165, 1.54) is 0 Å². The molecule has 0 aromatic heterocycles. The molecule has 7 heteroatoms. The summed E-state index contributed by atoms with van der Waals surface area (Å²) in [5, 5.41) is 26.7. The van der Waals surface area contributed by atoms with Crippen molar-refractivity contribution in [2.24, 2.45) is 0 Å². The van der Waals surface area contributed by atoms with Gasteiger partial charge < -0.3 is 25.7 Å². The van der Waals surface area contributed by atoms with E-state index in [1.807, 2.05) is 56.0 Å². The summed E-state index contributed by atoms with van der Waals surface area (Å²) in [7, 11) is 0. The van der Waals surface area contributed by atoms with Gasteiger partial charge in [0.2, 0.25) is 0 Å². The SMILES string of the molecule is CCCN(CCC)C(=O)c1cccc(C(=O)N[C@@H](Cc2ccccc2)[C@H](O)CNCC(O)CC)c1. The monoisotopic (exact) mass is 483 g/mol. The minimum atomic E-state index is -0.863. The Morgan fingerprint density at radius 1 is 0.886 bits per heavy atom. The number of aliphatic hydroxyl groups is 2. The molecule has 2 aromatic rings. The highest BCUT2D eigenvalue weighted by Gasteiger charge is 2.23. The number of aliphatic hydroxyl groups excluding tert-OH is 2. The fraction of sp³-hybridized carbons (Fsp3) is 0.500. The van der Waals surface area contributed by atoms with Crippen molar-refractivity contribution in [2.45, 2.75) is 64.7 Å². The molecular formula is C28H41N3O4. The van der Waals surface area contributed by atoms with Crippen LogP contribution in [0.25, 0.3) is 0 Å². The molecule has 35 heavy (non-hydrogen) atoms. The Bertz CT molecular complexity index is 900. The number of hydrogen-bond donors (Lipinski definition) is 4. The van der Waals surface area contributed by atoms with E-state index in [1.54, 1.807) is 24.3 Å². The summed E-state index contributed by atoms with van der Waals surface area (Å²) in [6.45, 7) is 7.92. The van der Waals surface area contributed by atoms with Crippen molar-refractivity contribution in [1.29, 1.82) is 0 Å². The van der Waals surface area contributed by atoms with E-state index in [-0.39, 0.29) is 18.4 Å². The summed E-state index contributed by atoms with van der Waals surface area (Å²) in [6, 6.07) is 15.9. The van der Waals surface area contributed by atoms with E-state index < -0.39 is 18.2 Å². The highest BCUT2D eigenvalue weighted by atomic mass is 16.3. The first kappa shape index (κ1) is 28.5. The molecule has 0 fully saturated rings. The molecule has 1 unspecified atom stereocenters. The van der Waals surface area contributed by atoms with Crippen molar-refractivity contribution in [3.8, 4) is 0 Å². The van der Waals surface area contributed by atoms with Crippen molar-refractivity contribution in [3.63, 3.8) is 0 Å². The summed E-state index contributed by atoms with van der Waals surface area (Å²) in [5.74, 6) is -0.423. The molecule has 0 saturated heterocycles. The number of hydrogen-bond acceptors (Lipinski definition) is 5. The number of amides is 2. The Morgan fingerprint density at radius 3 is 2.17 bits per heavy atom. The van der Waals surface area contributed by atoms with E-state index in [4.69, 9.17) is 0 Å². The summed E-state index contributed by atoms with van der Waals surface area (Å²) in [5.41, 5.74) is 1.85. The van der Waals surface area contributed by atoms with Crippen molar-refractivity contribution < 1.29 is 19.8 Å². The van der Waals surface area contributed by atoms with Crippen LogP contribution in [-0.2, 0) is 6.42 Å². The minimum Gasteiger partial charge on any atom is -0.392 e. The third-order valence-electron chi connectivity index (χ3n) is 5.93. The molecule has 2 amide bonds. The zero-order valence-corrected chi connectivity index (χ0v) is 21.2. The van der Waals surface area contributed by atoms with Gasteiger partial charge in [-0.15, -0.1) is 0 Å². The predicted octanol–water partition coefficient (Wildman–Crippen LogP) is 3.01. The molecule has 2 rings (SSSR count). The highest BCUT2D eigenvalue weighted by Crippen LogP contribution is 2.12. The van der Waals surface area contributed by atoms with E-state index in [2.05, 4.69) is 10.6 Å². The lowest BCUT2D eigenvalue weighted by Crippen LogP contribution is -2.49. The maximum Gasteiger partial charge on any atom is 0.253 e. The smallest absolute Gasteiger partial charge is 0.253 e. The number of nitrogens with one attached hydrogen (secondary N) is 2. The molecule has 2 aromatic carbocycles. The van der Waals surface area contributed by atoms with E-state index in [9.17, 15) is 19.8 Å². The second-order valence-corrected chi connectivity index (χ2v) is 8.93. The van der Waals surface area contributed by atoms with Crippen molar-refractivity contribution in [3.05, 3.63) is 71.3 Å². The van der Waals surface area contributed by atoms with E-state index in [0.717, 1.165) is 18.4 Å². The van der Waals surface area contributed by atoms with Crippen LogP contribution in [0.2, 0.25) is 0 Å². The van der Waals surface area contributed by atoms with Crippen LogP contribution >= 0.6 is 0 Å². The van der Waals surface area contributed by atoms with Gasteiger partial charge in [0, 0.05) is 37.3 Å². The molecule has 0 heterocycles. The molecule has 0 spiro atoms. The van der Waals surface area contributed by atoms with Gasteiger partial charge in [0.15, 0.2) is 0 Å². The van der Waals surface area contributed by atoms with Gasteiger partial charge in [-0.25, -0.2) is 0 Å². The molecule has 0 bridgehead atoms. The Morgan fingerprint density at radius 2 is 1.54 bits per heavy atom. The predicted molar refractivity (Wildman–Crippen MR) is 140 cm³/mol. The summed E-state index contributed by atoms with van der Waals surface area (Å²) in [6.07, 6.45) is 1.46. The number of rotatable bonds is 15. The fourth-order valence-corrected chi connectivity index (χ4v) is 3.92. The largest absolute Gasteiger partial charge is 0.392 e. The van der Waals surface area contributed by atoms with Crippen LogP contribution < -0.4 is 10.6 Å². The van der Waals surface area contributed by atoms with Crippen molar-refractivity contribution in [1.82, 2.24) is 15.5 Å². The Balaban J connectivity index is 2.15. The third-order valence-corrected chi connectivity index (χ3v) is 5.93. The van der Waals surface area contributed by atoms with Gasteiger partial charge in [-0.2, -0.15) is 0 Å². The van der Waals surface area contributed by atoms with Crippen molar-refractivity contribution >= 4 is 11.8 Å². The quantitative estimate of drug-likeness (QED) is 0.312. The molecule has 0 aliphatic carbocycles. The van der Waals surface area contributed by atoms with Gasteiger partial charge in [0.1, 0.15) is 0 Å². The van der Waals surface area contributed by atoms with Gasteiger partial charge in [0.25, 0.3) is 11.8 Å². The van der Waals surface area contributed by atoms with E-state index in [0.29, 0.717) is 43.6 Å². The first-order valence-corrected chi connectivity index (χ1v) is 12.7. The highest BCUT2D eigenvalue weighted by molar-refractivity contribution is 5.99. The van der Waals surface area contributed by atoms with Crippen LogP contribution in [0.4, 0.5) is 0 Å². The lowest BCUT2D eigenvalue weighted by Gasteiger charge is -2.25. The second kappa shape index (κ2) is 15.3. The first-order valence-electron chi connectivity index (χ1n) is 12.7. The Labute approximate surface area is 209 Å². The van der Waals surface area contributed by atoms with Crippen molar-refractivity contribution in [2.75, 3.05) is 26.2 Å². The van der Waals surface area contributed by atoms with Crippen LogP contribution in [-0.4, -0.2) is 71.4 Å². The molecular weight excluding hydrogens is 442 g/mol. The Hall–Kier alpha value is -2.74.